The molecule has 0 heterocycles. The summed E-state index contributed by atoms with van der Waals surface area (Å²) in [5, 5.41) is 29.6. The molecule has 0 saturated carbocycles. The molecule has 18 heavy (non-hydrogen) atoms. The number of aliphatic hydroxyl groups is 3. The van der Waals surface area contributed by atoms with Crippen LogP contribution in [0, 0.1) is 5.82 Å². The highest BCUT2D eigenvalue weighted by atomic mass is 79.9. The Labute approximate surface area is 111 Å². The lowest BCUT2D eigenvalue weighted by molar-refractivity contribution is 0.0375. The van der Waals surface area contributed by atoms with Crippen LogP contribution in [0.15, 0.2) is 22.7 Å². The molecule has 100 valence electrons. The van der Waals surface area contributed by atoms with Crippen LogP contribution >= 0.6 is 15.9 Å². The Morgan fingerprint density at radius 3 is 2.28 bits per heavy atom. The standard InChI is InChI=1S/C11H13BrFNO4/c12-9-3-7(13)1-2-8(9)10(18)14-11(4-15,5-16)6-17/h1-3,15-17H,4-6H2,(H,14,18). The van der Waals surface area contributed by atoms with E-state index < -0.39 is 37.1 Å². The zero-order valence-electron chi connectivity index (χ0n) is 9.36. The molecule has 4 N–H and O–H groups in total. The number of benzene rings is 1. The maximum absolute atomic E-state index is 12.9. The summed E-state index contributed by atoms with van der Waals surface area (Å²) >= 11 is 3.03. The maximum atomic E-state index is 12.9. The van der Waals surface area contributed by atoms with Gasteiger partial charge in [0.1, 0.15) is 11.4 Å². The van der Waals surface area contributed by atoms with Crippen molar-refractivity contribution < 1.29 is 24.5 Å². The number of halogens is 2. The normalized spacial score (nSPS) is 11.4. The molecule has 1 aromatic carbocycles. The molecule has 0 radical (unpaired) electrons. The van der Waals surface area contributed by atoms with Gasteiger partial charge in [0.15, 0.2) is 0 Å². The van der Waals surface area contributed by atoms with Crippen LogP contribution in [-0.2, 0) is 0 Å². The quantitative estimate of drug-likeness (QED) is 0.616. The first-order chi connectivity index (χ1) is 8.48. The maximum Gasteiger partial charge on any atom is 0.253 e. The summed E-state index contributed by atoms with van der Waals surface area (Å²) in [7, 11) is 0. The van der Waals surface area contributed by atoms with Gasteiger partial charge in [-0.1, -0.05) is 0 Å². The third kappa shape index (κ3) is 3.26. The lowest BCUT2D eigenvalue weighted by Gasteiger charge is -2.28. The minimum atomic E-state index is -1.51. The number of nitrogens with one attached hydrogen (secondary N) is 1. The lowest BCUT2D eigenvalue weighted by Crippen LogP contribution is -2.57. The average molecular weight is 322 g/mol. The van der Waals surface area contributed by atoms with Crippen LogP contribution in [0.2, 0.25) is 0 Å². The average Bonchev–Trinajstić information content (AvgIpc) is 2.36. The van der Waals surface area contributed by atoms with Gasteiger partial charge in [-0.3, -0.25) is 4.79 Å². The molecule has 0 aliphatic heterocycles. The van der Waals surface area contributed by atoms with Crippen molar-refractivity contribution in [3.63, 3.8) is 0 Å². The van der Waals surface area contributed by atoms with Crippen molar-refractivity contribution in [2.75, 3.05) is 19.8 Å². The van der Waals surface area contributed by atoms with Crippen molar-refractivity contribution in [2.24, 2.45) is 0 Å². The molecule has 1 aromatic rings. The molecule has 0 aromatic heterocycles. The highest BCUT2D eigenvalue weighted by Crippen LogP contribution is 2.18. The monoisotopic (exact) mass is 321 g/mol. The van der Waals surface area contributed by atoms with Crippen LogP contribution < -0.4 is 5.32 Å². The van der Waals surface area contributed by atoms with E-state index in [9.17, 15) is 9.18 Å². The molecule has 0 atom stereocenters. The van der Waals surface area contributed by atoms with Gasteiger partial charge in [-0.2, -0.15) is 0 Å². The Morgan fingerprint density at radius 2 is 1.83 bits per heavy atom. The Morgan fingerprint density at radius 1 is 1.28 bits per heavy atom. The smallest absolute Gasteiger partial charge is 0.253 e. The molecule has 0 unspecified atom stereocenters. The summed E-state index contributed by atoms with van der Waals surface area (Å²) in [6.45, 7) is -1.86. The number of carbonyl (C=O) groups is 1. The second kappa shape index (κ2) is 6.24. The highest BCUT2D eigenvalue weighted by molar-refractivity contribution is 9.10. The number of hydrogen-bond acceptors (Lipinski definition) is 4. The Bertz CT molecular complexity index is 429. The summed E-state index contributed by atoms with van der Waals surface area (Å²) in [6, 6.07) is 3.48. The second-order valence-electron chi connectivity index (χ2n) is 3.83. The van der Waals surface area contributed by atoms with Gasteiger partial charge in [0, 0.05) is 4.47 Å². The van der Waals surface area contributed by atoms with E-state index in [2.05, 4.69) is 21.2 Å². The van der Waals surface area contributed by atoms with Crippen LogP contribution in [0.4, 0.5) is 4.39 Å². The van der Waals surface area contributed by atoms with Crippen molar-refractivity contribution in [1.29, 1.82) is 0 Å². The summed E-state index contributed by atoms with van der Waals surface area (Å²) in [5.41, 5.74) is -1.37. The third-order valence-electron chi connectivity index (χ3n) is 2.46. The zero-order chi connectivity index (χ0) is 13.8. The Kier molecular flexibility index (Phi) is 5.21. The fourth-order valence-corrected chi connectivity index (χ4v) is 1.78. The van der Waals surface area contributed by atoms with Crippen LogP contribution in [0.5, 0.6) is 0 Å². The SMILES string of the molecule is O=C(NC(CO)(CO)CO)c1ccc(F)cc1Br. The molecule has 0 bridgehead atoms. The van der Waals surface area contributed by atoms with E-state index in [4.69, 9.17) is 15.3 Å². The number of carbonyl (C=O) groups excluding carboxylic acids is 1. The second-order valence-corrected chi connectivity index (χ2v) is 4.69. The van der Waals surface area contributed by atoms with Crippen LogP contribution in [0.25, 0.3) is 0 Å². The minimum absolute atomic E-state index is 0.135. The molecule has 7 heteroatoms. The van der Waals surface area contributed by atoms with Gasteiger partial charge in [0.2, 0.25) is 0 Å². The first-order valence-corrected chi connectivity index (χ1v) is 5.87. The number of rotatable bonds is 5. The summed E-state index contributed by atoms with van der Waals surface area (Å²) in [4.78, 5) is 11.9. The summed E-state index contributed by atoms with van der Waals surface area (Å²) < 4.78 is 13.1. The molecular weight excluding hydrogens is 309 g/mol. The van der Waals surface area contributed by atoms with E-state index in [1.807, 2.05) is 0 Å². The van der Waals surface area contributed by atoms with Crippen LogP contribution in [-0.4, -0.2) is 46.6 Å². The number of aliphatic hydroxyl groups excluding tert-OH is 3. The summed E-state index contributed by atoms with van der Waals surface area (Å²) in [5.74, 6) is -1.14. The fourth-order valence-electron chi connectivity index (χ4n) is 1.25. The van der Waals surface area contributed by atoms with E-state index in [0.717, 1.165) is 12.1 Å². The van der Waals surface area contributed by atoms with Crippen LogP contribution in [0.3, 0.4) is 0 Å². The van der Waals surface area contributed by atoms with Gasteiger partial charge in [0.05, 0.1) is 25.4 Å². The molecule has 0 aliphatic carbocycles. The van der Waals surface area contributed by atoms with Crippen molar-refractivity contribution in [3.05, 3.63) is 34.1 Å². The van der Waals surface area contributed by atoms with E-state index >= 15 is 0 Å². The molecule has 0 saturated heterocycles. The topological polar surface area (TPSA) is 89.8 Å². The molecule has 0 fully saturated rings. The van der Waals surface area contributed by atoms with E-state index in [1.54, 1.807) is 0 Å². The molecule has 1 rings (SSSR count). The van der Waals surface area contributed by atoms with Crippen molar-refractivity contribution >= 4 is 21.8 Å². The number of amides is 1. The Hall–Kier alpha value is -1.02. The van der Waals surface area contributed by atoms with Gasteiger partial charge in [-0.05, 0) is 34.1 Å². The van der Waals surface area contributed by atoms with Gasteiger partial charge in [0.25, 0.3) is 5.91 Å². The molecule has 0 aliphatic rings. The van der Waals surface area contributed by atoms with Crippen molar-refractivity contribution in [2.45, 2.75) is 5.54 Å². The first-order valence-electron chi connectivity index (χ1n) is 5.08. The third-order valence-corrected chi connectivity index (χ3v) is 3.12. The van der Waals surface area contributed by atoms with E-state index in [-0.39, 0.29) is 10.0 Å². The fraction of sp³-hybridized carbons (Fsp3) is 0.364. The zero-order valence-corrected chi connectivity index (χ0v) is 10.9. The van der Waals surface area contributed by atoms with E-state index in [1.165, 1.54) is 6.07 Å². The largest absolute Gasteiger partial charge is 0.394 e. The van der Waals surface area contributed by atoms with E-state index in [0.29, 0.717) is 0 Å². The number of hydrogen-bond donors (Lipinski definition) is 4. The highest BCUT2D eigenvalue weighted by Gasteiger charge is 2.30. The molecular formula is C11H13BrFNO4. The Balaban J connectivity index is 2.94. The minimum Gasteiger partial charge on any atom is -0.394 e. The van der Waals surface area contributed by atoms with Gasteiger partial charge >= 0.3 is 0 Å². The van der Waals surface area contributed by atoms with Gasteiger partial charge < -0.3 is 20.6 Å². The van der Waals surface area contributed by atoms with Crippen molar-refractivity contribution in [3.8, 4) is 0 Å². The van der Waals surface area contributed by atoms with Gasteiger partial charge in [-0.15, -0.1) is 0 Å². The predicted molar refractivity (Wildman–Crippen MR) is 65.6 cm³/mol. The van der Waals surface area contributed by atoms with Gasteiger partial charge in [-0.25, -0.2) is 4.39 Å². The first kappa shape index (κ1) is 15.0. The lowest BCUT2D eigenvalue weighted by atomic mass is 10.0. The predicted octanol–water partition coefficient (Wildman–Crippen LogP) is 0.0337. The molecule has 1 amide bonds. The van der Waals surface area contributed by atoms with Crippen molar-refractivity contribution in [1.82, 2.24) is 5.32 Å². The molecule has 5 nitrogen and oxygen atoms in total. The van der Waals surface area contributed by atoms with Crippen LogP contribution in [0.1, 0.15) is 10.4 Å². The summed E-state index contributed by atoms with van der Waals surface area (Å²) in [6.07, 6.45) is 0. The molecule has 0 spiro atoms.